The van der Waals surface area contributed by atoms with Crippen LogP contribution in [-0.4, -0.2) is 6.54 Å². The van der Waals surface area contributed by atoms with Crippen molar-refractivity contribution in [2.75, 3.05) is 11.4 Å². The summed E-state index contributed by atoms with van der Waals surface area (Å²) in [6.45, 7) is 0.990. The number of alkyl halides is 3. The van der Waals surface area contributed by atoms with E-state index in [2.05, 4.69) is 0 Å². The number of anilines is 1. The summed E-state index contributed by atoms with van der Waals surface area (Å²) < 4.78 is 51.9. The Hall–Kier alpha value is -1.75. The molecular formula is C16H12ClF4N. The van der Waals surface area contributed by atoms with Crippen molar-refractivity contribution in [2.24, 2.45) is 0 Å². The maximum Gasteiger partial charge on any atom is 0.417 e. The summed E-state index contributed by atoms with van der Waals surface area (Å²) in [4.78, 5) is 1.90. The Bertz CT molecular complexity index is 712. The first-order valence-electron chi connectivity index (χ1n) is 6.74. The number of hydrogen-bond donors (Lipinski definition) is 0. The van der Waals surface area contributed by atoms with Crippen LogP contribution in [0, 0.1) is 5.82 Å². The average Bonchev–Trinajstić information content (AvgIpc) is 2.45. The summed E-state index contributed by atoms with van der Waals surface area (Å²) >= 11 is 5.75. The molecule has 0 fully saturated rings. The lowest BCUT2D eigenvalue weighted by molar-refractivity contribution is -0.137. The summed E-state index contributed by atoms with van der Waals surface area (Å²) in [5.41, 5.74) is 1.29. The van der Waals surface area contributed by atoms with E-state index in [0.29, 0.717) is 30.8 Å². The van der Waals surface area contributed by atoms with Crippen LogP contribution in [0.15, 0.2) is 36.4 Å². The fourth-order valence-electron chi connectivity index (χ4n) is 2.71. The van der Waals surface area contributed by atoms with Gasteiger partial charge in [0.2, 0.25) is 0 Å². The second-order valence-electron chi connectivity index (χ2n) is 5.21. The number of rotatable bonds is 1. The monoisotopic (exact) mass is 329 g/mol. The largest absolute Gasteiger partial charge is 0.417 e. The van der Waals surface area contributed by atoms with Gasteiger partial charge in [-0.05, 0) is 41.8 Å². The van der Waals surface area contributed by atoms with E-state index in [9.17, 15) is 17.6 Å². The molecule has 0 bridgehead atoms. The summed E-state index contributed by atoms with van der Waals surface area (Å²) in [5, 5.41) is -0.324. The zero-order valence-electron chi connectivity index (χ0n) is 11.4. The molecule has 22 heavy (non-hydrogen) atoms. The van der Waals surface area contributed by atoms with E-state index < -0.39 is 11.7 Å². The van der Waals surface area contributed by atoms with Gasteiger partial charge < -0.3 is 4.90 Å². The fourth-order valence-corrected chi connectivity index (χ4v) is 3.00. The predicted octanol–water partition coefficient (Wildman–Crippen LogP) is 5.06. The van der Waals surface area contributed by atoms with Crippen molar-refractivity contribution in [1.29, 1.82) is 0 Å². The highest BCUT2D eigenvalue weighted by Gasteiger charge is 2.33. The van der Waals surface area contributed by atoms with Gasteiger partial charge in [-0.3, -0.25) is 0 Å². The Balaban J connectivity index is 1.89. The van der Waals surface area contributed by atoms with Gasteiger partial charge in [-0.2, -0.15) is 13.2 Å². The van der Waals surface area contributed by atoms with Crippen LogP contribution in [0.1, 0.15) is 16.7 Å². The lowest BCUT2D eigenvalue weighted by Gasteiger charge is -2.31. The molecule has 1 aliphatic rings. The van der Waals surface area contributed by atoms with E-state index in [4.69, 9.17) is 11.6 Å². The Morgan fingerprint density at radius 1 is 1.09 bits per heavy atom. The van der Waals surface area contributed by atoms with E-state index in [0.717, 1.165) is 11.6 Å². The molecule has 1 nitrogen and oxygen atoms in total. The van der Waals surface area contributed by atoms with Gasteiger partial charge in [-0.15, -0.1) is 0 Å². The number of hydrogen-bond acceptors (Lipinski definition) is 1. The molecule has 0 atom stereocenters. The fraction of sp³-hybridized carbons (Fsp3) is 0.250. The first-order chi connectivity index (χ1) is 10.4. The van der Waals surface area contributed by atoms with Crippen molar-refractivity contribution in [3.63, 3.8) is 0 Å². The summed E-state index contributed by atoms with van der Waals surface area (Å²) in [6.07, 6.45) is -3.95. The van der Waals surface area contributed by atoms with Gasteiger partial charge in [0, 0.05) is 18.8 Å². The first-order valence-corrected chi connectivity index (χ1v) is 7.12. The highest BCUT2D eigenvalue weighted by Crippen LogP contribution is 2.37. The normalized spacial score (nSPS) is 14.9. The van der Waals surface area contributed by atoms with E-state index in [1.54, 1.807) is 6.07 Å². The minimum absolute atomic E-state index is 0.234. The topological polar surface area (TPSA) is 3.24 Å². The molecule has 2 aromatic rings. The number of nitrogens with zero attached hydrogens (tertiary/aromatic N) is 1. The van der Waals surface area contributed by atoms with Crippen molar-refractivity contribution in [1.82, 2.24) is 0 Å². The van der Waals surface area contributed by atoms with E-state index in [1.165, 1.54) is 18.2 Å². The maximum absolute atomic E-state index is 13.7. The molecule has 0 N–H and O–H groups in total. The molecule has 0 spiro atoms. The Morgan fingerprint density at radius 3 is 2.55 bits per heavy atom. The molecule has 6 heteroatoms. The minimum atomic E-state index is -4.47. The van der Waals surface area contributed by atoms with E-state index in [1.807, 2.05) is 11.0 Å². The zero-order chi connectivity index (χ0) is 15.9. The SMILES string of the molecule is Fc1cccc2c1CCN(c1ccc(C(F)(F)F)c(Cl)c1)C2. The lowest BCUT2D eigenvalue weighted by atomic mass is 9.98. The molecule has 0 amide bonds. The molecule has 0 aromatic heterocycles. The van der Waals surface area contributed by atoms with Crippen LogP contribution < -0.4 is 4.90 Å². The highest BCUT2D eigenvalue weighted by atomic mass is 35.5. The maximum atomic E-state index is 13.7. The molecule has 0 radical (unpaired) electrons. The number of benzene rings is 2. The van der Waals surface area contributed by atoms with Crippen LogP contribution in [0.3, 0.4) is 0 Å². The quantitative estimate of drug-likeness (QED) is 0.661. The van der Waals surface area contributed by atoms with Crippen LogP contribution in [-0.2, 0) is 19.1 Å². The van der Waals surface area contributed by atoms with Crippen molar-refractivity contribution >= 4 is 17.3 Å². The lowest BCUT2D eigenvalue weighted by Crippen LogP contribution is -2.31. The third-order valence-corrected chi connectivity index (χ3v) is 4.14. The molecule has 0 saturated heterocycles. The summed E-state index contributed by atoms with van der Waals surface area (Å²) in [6, 6.07) is 8.59. The molecule has 3 rings (SSSR count). The molecule has 0 aliphatic carbocycles. The van der Waals surface area contributed by atoms with Gasteiger partial charge in [0.15, 0.2) is 0 Å². The van der Waals surface area contributed by atoms with Crippen LogP contribution in [0.25, 0.3) is 0 Å². The van der Waals surface area contributed by atoms with Gasteiger partial charge in [-0.25, -0.2) is 4.39 Å². The molecule has 0 unspecified atom stereocenters. The minimum Gasteiger partial charge on any atom is -0.367 e. The molecule has 2 aromatic carbocycles. The molecule has 116 valence electrons. The standard InChI is InChI=1S/C16H12ClF4N/c17-14-8-11(4-5-13(14)16(19,20)21)22-7-6-12-10(9-22)2-1-3-15(12)18/h1-5,8H,6-7,9H2. The van der Waals surface area contributed by atoms with Crippen molar-refractivity contribution < 1.29 is 17.6 Å². The second-order valence-corrected chi connectivity index (χ2v) is 5.62. The van der Waals surface area contributed by atoms with E-state index in [-0.39, 0.29) is 10.8 Å². The van der Waals surface area contributed by atoms with Gasteiger partial charge in [-0.1, -0.05) is 23.7 Å². The Kier molecular flexibility index (Phi) is 3.77. The van der Waals surface area contributed by atoms with Gasteiger partial charge in [0.05, 0.1) is 10.6 Å². The smallest absolute Gasteiger partial charge is 0.367 e. The first kappa shape index (κ1) is 15.2. The summed E-state index contributed by atoms with van der Waals surface area (Å²) in [7, 11) is 0. The van der Waals surface area contributed by atoms with Crippen molar-refractivity contribution in [3.05, 3.63) is 63.9 Å². The van der Waals surface area contributed by atoms with Crippen LogP contribution in [0.2, 0.25) is 5.02 Å². The van der Waals surface area contributed by atoms with Crippen molar-refractivity contribution in [3.8, 4) is 0 Å². The van der Waals surface area contributed by atoms with Gasteiger partial charge >= 0.3 is 6.18 Å². The highest BCUT2D eigenvalue weighted by molar-refractivity contribution is 6.31. The number of fused-ring (bicyclic) bond motifs is 1. The van der Waals surface area contributed by atoms with Gasteiger partial charge in [0.1, 0.15) is 5.82 Å². The Labute approximate surface area is 130 Å². The summed E-state index contributed by atoms with van der Waals surface area (Å²) in [5.74, 6) is -0.234. The van der Waals surface area contributed by atoms with Gasteiger partial charge in [0.25, 0.3) is 0 Å². The molecule has 1 heterocycles. The molecule has 0 saturated carbocycles. The predicted molar refractivity (Wildman–Crippen MR) is 77.6 cm³/mol. The molecule has 1 aliphatic heterocycles. The van der Waals surface area contributed by atoms with E-state index >= 15 is 0 Å². The average molecular weight is 330 g/mol. The third kappa shape index (κ3) is 2.77. The zero-order valence-corrected chi connectivity index (χ0v) is 12.2. The molecular weight excluding hydrogens is 318 g/mol. The Morgan fingerprint density at radius 2 is 1.86 bits per heavy atom. The van der Waals surface area contributed by atoms with Crippen molar-refractivity contribution in [2.45, 2.75) is 19.1 Å². The van der Waals surface area contributed by atoms with Crippen LogP contribution in [0.5, 0.6) is 0 Å². The third-order valence-electron chi connectivity index (χ3n) is 3.83. The van der Waals surface area contributed by atoms with Crippen LogP contribution >= 0.6 is 11.6 Å². The van der Waals surface area contributed by atoms with Crippen LogP contribution in [0.4, 0.5) is 23.2 Å². The number of halogens is 5. The second kappa shape index (κ2) is 5.47.